The molecule has 9 heterocycles. The van der Waals surface area contributed by atoms with Gasteiger partial charge in [-0.1, -0.05) is 24.3 Å². The van der Waals surface area contributed by atoms with Crippen LogP contribution in [-0.4, -0.2) is 29.9 Å². The third-order valence-corrected chi connectivity index (χ3v) is 8.49. The molecule has 2 aliphatic heterocycles. The maximum absolute atomic E-state index is 9.84. The van der Waals surface area contributed by atoms with Gasteiger partial charge in [-0.3, -0.25) is 19.9 Å². The monoisotopic (exact) mass is 958 g/mol. The van der Waals surface area contributed by atoms with Crippen LogP contribution in [0.1, 0.15) is 22.8 Å². The van der Waals surface area contributed by atoms with E-state index in [1.54, 1.807) is 49.6 Å². The van der Waals surface area contributed by atoms with Crippen LogP contribution in [-0.2, 0) is 22.4 Å². The Morgan fingerprint density at radius 2 is 0.554 bits per heavy atom. The molecule has 2 aliphatic rings. The van der Waals surface area contributed by atoms with Gasteiger partial charge in [0.05, 0.1) is 22.8 Å². The topological polar surface area (TPSA) is 106 Å². The smallest absolute Gasteiger partial charge is 1.00 e. The molecule has 7 aromatic rings. The van der Waals surface area contributed by atoms with Crippen molar-refractivity contribution in [1.82, 2.24) is 39.9 Å². The van der Waals surface area contributed by atoms with Crippen molar-refractivity contribution in [1.29, 1.82) is 0 Å². The standard InChI is InChI=1S/C40H24N8.Au.F5P.FH/c1-2-30-38(26-11-19-42-20-12-26)32-5-6-34(47-32)40(28-15-23-44-24-16-28)36-8-7-35(48-36)39(27-13-21-43-22-14-27)33-4-3-31(46-33)37(29(1)45-30)25-9-17-41-18-10-25;;1-6(2,3,4)5;/h1-24H;;;1H/q-2;+3;;/p-1. The first-order valence-electron chi connectivity index (χ1n) is 16.3. The van der Waals surface area contributed by atoms with Gasteiger partial charge in [-0.15, -0.1) is 22.1 Å². The molecule has 8 nitrogen and oxygen atoms in total. The van der Waals surface area contributed by atoms with Crippen molar-refractivity contribution >= 4 is 54.5 Å². The molecule has 0 N–H and O–H groups in total. The first kappa shape index (κ1) is 39.6. The molecular formula is C40H24AuF6N8P. The zero-order valence-electron chi connectivity index (χ0n) is 28.5. The van der Waals surface area contributed by atoms with E-state index in [9.17, 15) is 21.0 Å². The Balaban J connectivity index is 0.000000619. The molecule has 16 heteroatoms. The number of pyridine rings is 4. The SMILES string of the molecule is C1=Cc2nc1c(-c1ccncc1)c1ccc([n-]1)c(-c1ccncc1)c1nc(c(-c3ccncc3)c3ccc([n-]3)c2-c2ccncc2)C=C1.FP(F)(F)(F)F.[Au+3].[F-]. The molecule has 0 spiro atoms. The second-order valence-electron chi connectivity index (χ2n) is 11.9. The molecule has 0 atom stereocenters. The largest absolute Gasteiger partial charge is 3.00 e. The predicted molar refractivity (Wildman–Crippen MR) is 202 cm³/mol. The van der Waals surface area contributed by atoms with Crippen molar-refractivity contribution in [3.05, 3.63) is 145 Å². The van der Waals surface area contributed by atoms with Crippen LogP contribution in [0, 0.1) is 0 Å². The van der Waals surface area contributed by atoms with Crippen molar-refractivity contribution in [3.63, 3.8) is 0 Å². The maximum Gasteiger partial charge on any atom is 3.00 e. The predicted octanol–water partition coefficient (Wildman–Crippen LogP) is 8.13. The van der Waals surface area contributed by atoms with Crippen molar-refractivity contribution in [2.75, 3.05) is 0 Å². The van der Waals surface area contributed by atoms with Crippen LogP contribution in [0.4, 0.5) is 21.0 Å². The summed E-state index contributed by atoms with van der Waals surface area (Å²) in [4.78, 5) is 38.1. The molecule has 0 aromatic carbocycles. The molecular weight excluding hydrogens is 934 g/mol. The van der Waals surface area contributed by atoms with Gasteiger partial charge in [0, 0.05) is 49.6 Å². The van der Waals surface area contributed by atoms with Crippen molar-refractivity contribution < 1.29 is 48.1 Å². The fourth-order valence-corrected chi connectivity index (χ4v) is 6.34. The number of rotatable bonds is 4. The normalized spacial score (nSPS) is 12.3. The van der Waals surface area contributed by atoms with Gasteiger partial charge in [0.1, 0.15) is 0 Å². The van der Waals surface area contributed by atoms with E-state index in [1.165, 1.54) is 0 Å². The second kappa shape index (κ2) is 16.0. The summed E-state index contributed by atoms with van der Waals surface area (Å²) in [6.45, 7) is 0. The fourth-order valence-electron chi connectivity index (χ4n) is 6.34. The van der Waals surface area contributed by atoms with E-state index in [0.29, 0.717) is 0 Å². The Morgan fingerprint density at radius 1 is 0.357 bits per heavy atom. The average Bonchev–Trinajstić information content (AvgIpc) is 4.00. The summed E-state index contributed by atoms with van der Waals surface area (Å²) in [5.74, 6) is 0. The van der Waals surface area contributed by atoms with E-state index in [2.05, 4.69) is 68.5 Å². The van der Waals surface area contributed by atoms with Crippen LogP contribution in [0.5, 0.6) is 0 Å². The fraction of sp³-hybridized carbons (Fsp3) is 0. The van der Waals surface area contributed by atoms with Gasteiger partial charge in [0.15, 0.2) is 0 Å². The Morgan fingerprint density at radius 3 is 0.750 bits per heavy atom. The third kappa shape index (κ3) is 8.74. The molecule has 0 radical (unpaired) electrons. The van der Waals surface area contributed by atoms with Crippen molar-refractivity contribution in [3.8, 4) is 44.5 Å². The van der Waals surface area contributed by atoms with Gasteiger partial charge in [-0.2, -0.15) is 0 Å². The third-order valence-electron chi connectivity index (χ3n) is 8.49. The van der Waals surface area contributed by atoms with E-state index < -0.39 is 8.16 Å². The molecule has 7 aromatic heterocycles. The number of aromatic nitrogens is 8. The summed E-state index contributed by atoms with van der Waals surface area (Å²) in [5.41, 5.74) is 13.9. The van der Waals surface area contributed by atoms with Crippen LogP contribution < -0.4 is 14.7 Å². The molecule has 0 unspecified atom stereocenters. The van der Waals surface area contributed by atoms with Crippen LogP contribution in [0.15, 0.2) is 122 Å². The van der Waals surface area contributed by atoms with Crippen LogP contribution in [0.25, 0.3) is 90.9 Å². The molecule has 0 aliphatic carbocycles. The van der Waals surface area contributed by atoms with E-state index >= 15 is 0 Å². The van der Waals surface area contributed by atoms with Gasteiger partial charge in [0.2, 0.25) is 0 Å². The summed E-state index contributed by atoms with van der Waals surface area (Å²) < 4.78 is 49.2. The Labute approximate surface area is 330 Å². The molecule has 282 valence electrons. The number of fused-ring (bicyclic) bond motifs is 8. The second-order valence-corrected chi connectivity index (χ2v) is 13.2. The molecule has 0 amide bonds. The summed E-state index contributed by atoms with van der Waals surface area (Å²) >= 11 is 0. The van der Waals surface area contributed by atoms with E-state index in [0.717, 1.165) is 89.4 Å². The minimum atomic E-state index is -8.55. The zero-order valence-corrected chi connectivity index (χ0v) is 31.5. The van der Waals surface area contributed by atoms with E-state index in [1.807, 2.05) is 48.5 Å². The van der Waals surface area contributed by atoms with E-state index in [4.69, 9.17) is 19.9 Å². The maximum atomic E-state index is 9.84. The first-order chi connectivity index (χ1) is 26.0. The van der Waals surface area contributed by atoms with Gasteiger partial charge >= 0.3 is 51.5 Å². The van der Waals surface area contributed by atoms with Crippen LogP contribution in [0.3, 0.4) is 0 Å². The summed E-state index contributed by atoms with van der Waals surface area (Å²) in [6, 6.07) is 24.1. The van der Waals surface area contributed by atoms with Gasteiger partial charge in [-0.25, -0.2) is 9.97 Å². The number of halogens is 6. The average molecular weight is 959 g/mol. The van der Waals surface area contributed by atoms with Gasteiger partial charge in [-0.05, 0) is 117 Å². The Bertz CT molecular complexity index is 2370. The Kier molecular flexibility index (Phi) is 11.3. The van der Waals surface area contributed by atoms with Gasteiger partial charge in [0.25, 0.3) is 0 Å². The molecule has 0 saturated carbocycles. The summed E-state index contributed by atoms with van der Waals surface area (Å²) in [7, 11) is -8.55. The van der Waals surface area contributed by atoms with Gasteiger partial charge < -0.3 is 14.7 Å². The molecule has 0 fully saturated rings. The Hall–Kier alpha value is -6.05. The number of hydrogen-bond donors (Lipinski definition) is 0. The zero-order chi connectivity index (χ0) is 37.3. The molecule has 0 saturated heterocycles. The minimum Gasteiger partial charge on any atom is -1.00 e. The molecule has 56 heavy (non-hydrogen) atoms. The van der Waals surface area contributed by atoms with Crippen molar-refractivity contribution in [2.24, 2.45) is 0 Å². The summed E-state index contributed by atoms with van der Waals surface area (Å²) in [6.07, 6.45) is 22.5. The van der Waals surface area contributed by atoms with Crippen LogP contribution >= 0.6 is 8.16 Å². The molecule has 8 bridgehead atoms. The summed E-state index contributed by atoms with van der Waals surface area (Å²) in [5, 5.41) is 0. The first-order valence-corrected chi connectivity index (χ1v) is 18.0. The van der Waals surface area contributed by atoms with E-state index in [-0.39, 0.29) is 27.1 Å². The quantitative estimate of drug-likeness (QED) is 0.0991. The molecule has 9 rings (SSSR count). The van der Waals surface area contributed by atoms with Crippen molar-refractivity contribution in [2.45, 2.75) is 0 Å². The number of hydrogen-bond acceptors (Lipinski definition) is 6. The minimum absolute atomic E-state index is 0. The number of nitrogens with zero attached hydrogens (tertiary/aromatic N) is 8. The van der Waals surface area contributed by atoms with Crippen LogP contribution in [0.2, 0.25) is 0 Å².